The monoisotopic (exact) mass is 566 g/mol. The maximum atomic E-state index is 12.8. The summed E-state index contributed by atoms with van der Waals surface area (Å²) in [5.41, 5.74) is 15.7. The Bertz CT molecular complexity index is 1560. The van der Waals surface area contributed by atoms with Crippen LogP contribution in [0.2, 0.25) is 0 Å². The molecule has 4 aromatic heterocycles. The summed E-state index contributed by atoms with van der Waals surface area (Å²) in [4.78, 5) is 31.3. The minimum Gasteiger partial charge on any atom is -0.439 e. The summed E-state index contributed by atoms with van der Waals surface area (Å²) in [6.07, 6.45) is 5.88. The number of morpholine rings is 1. The molecule has 1 aliphatic heterocycles. The zero-order chi connectivity index (χ0) is 26.9. The first-order valence-corrected chi connectivity index (χ1v) is 14.8. The molecule has 1 amide bonds. The topological polar surface area (TPSA) is 149 Å². The van der Waals surface area contributed by atoms with Crippen LogP contribution in [0.15, 0.2) is 44.4 Å². The summed E-state index contributed by atoms with van der Waals surface area (Å²) in [5.74, 6) is -0.0559. The van der Waals surface area contributed by atoms with Crippen molar-refractivity contribution in [2.45, 2.75) is 37.8 Å². The van der Waals surface area contributed by atoms with Gasteiger partial charge >= 0.3 is 0 Å². The number of pyridine rings is 1. The van der Waals surface area contributed by atoms with Crippen LogP contribution in [0.4, 0.5) is 22.3 Å². The molecule has 0 radical (unpaired) electrons. The first-order chi connectivity index (χ1) is 19.0. The molecule has 5 heterocycles. The van der Waals surface area contributed by atoms with E-state index in [-0.39, 0.29) is 23.2 Å². The van der Waals surface area contributed by atoms with Gasteiger partial charge in [-0.05, 0) is 30.5 Å². The van der Waals surface area contributed by atoms with Gasteiger partial charge in [0, 0.05) is 47.6 Å². The van der Waals surface area contributed by atoms with E-state index in [4.69, 9.17) is 20.6 Å². The molecule has 4 aromatic rings. The molecular weight excluding hydrogens is 536 g/mol. The molecule has 2 fully saturated rings. The number of hydrogen-bond donors (Lipinski definition) is 4. The van der Waals surface area contributed by atoms with E-state index < -0.39 is 5.91 Å². The van der Waals surface area contributed by atoms with Gasteiger partial charge in [0.1, 0.15) is 4.70 Å². The molecule has 6 rings (SSSR count). The molecule has 0 aromatic carbocycles. The number of nitrogens with zero attached hydrogens (tertiary/aromatic N) is 2. The summed E-state index contributed by atoms with van der Waals surface area (Å²) in [6.45, 7) is 2.56. The predicted octanol–water partition coefficient (Wildman–Crippen LogP) is 4.34. The van der Waals surface area contributed by atoms with Gasteiger partial charge in [-0.3, -0.25) is 9.59 Å². The third-order valence-corrected chi connectivity index (χ3v) is 9.04. The average molecular weight is 567 g/mol. The summed E-state index contributed by atoms with van der Waals surface area (Å²) in [7, 11) is 0. The van der Waals surface area contributed by atoms with Crippen molar-refractivity contribution in [1.29, 1.82) is 0 Å². The third-order valence-electron chi connectivity index (χ3n) is 7.21. The van der Waals surface area contributed by atoms with Gasteiger partial charge in [-0.1, -0.05) is 12.8 Å². The molecule has 0 bridgehead atoms. The van der Waals surface area contributed by atoms with E-state index >= 15 is 0 Å². The molecule has 39 heavy (non-hydrogen) atoms. The summed E-state index contributed by atoms with van der Waals surface area (Å²) in [6, 6.07) is 5.62. The van der Waals surface area contributed by atoms with Crippen LogP contribution >= 0.6 is 22.7 Å². The normalized spacial score (nSPS) is 19.8. The molecule has 0 unspecified atom stereocenters. The molecular formula is C27H30N6O4S2. The standard InChI is InChI=1S/C27H30N6O4S2/c28-18-3-1-2-4-19(18)31-16-10-20(24(27(29)35)30-12-16)32-22-9-15(13-38-22)17-14-39-26-21(34)11-23(37-25(17)26)33-5-7-36-8-6-33/h9-14,18-19,31-32H,1-8,28H2,(H2,29,35)/t18-,19+/m1/s1. The highest BCUT2D eigenvalue weighted by molar-refractivity contribution is 7.17. The highest BCUT2D eigenvalue weighted by atomic mass is 32.1. The second kappa shape index (κ2) is 11.0. The van der Waals surface area contributed by atoms with E-state index in [1.54, 1.807) is 12.3 Å². The lowest BCUT2D eigenvalue weighted by molar-refractivity contribution is 0.0996. The molecule has 2 aliphatic rings. The van der Waals surface area contributed by atoms with Gasteiger partial charge in [0.25, 0.3) is 5.91 Å². The van der Waals surface area contributed by atoms with E-state index in [1.807, 2.05) is 27.8 Å². The number of thiophene rings is 2. The van der Waals surface area contributed by atoms with Gasteiger partial charge in [-0.2, -0.15) is 0 Å². The van der Waals surface area contributed by atoms with Crippen LogP contribution in [0, 0.1) is 0 Å². The fraction of sp³-hybridized carbons (Fsp3) is 0.370. The predicted molar refractivity (Wildman–Crippen MR) is 157 cm³/mol. The van der Waals surface area contributed by atoms with E-state index in [2.05, 4.69) is 15.6 Å². The fourth-order valence-corrected chi connectivity index (χ4v) is 6.86. The molecule has 204 valence electrons. The lowest BCUT2D eigenvalue weighted by atomic mass is 9.91. The highest BCUT2D eigenvalue weighted by Gasteiger charge is 2.23. The quantitative estimate of drug-likeness (QED) is 0.256. The number of ether oxygens (including phenoxy) is 1. The molecule has 6 N–H and O–H groups in total. The molecule has 1 saturated carbocycles. The Hall–Kier alpha value is -3.45. The molecule has 0 spiro atoms. The second-order valence-corrected chi connectivity index (χ2v) is 11.7. The number of fused-ring (bicyclic) bond motifs is 1. The molecule has 1 aliphatic carbocycles. The van der Waals surface area contributed by atoms with E-state index in [9.17, 15) is 9.59 Å². The van der Waals surface area contributed by atoms with Crippen LogP contribution in [0.5, 0.6) is 0 Å². The largest absolute Gasteiger partial charge is 0.439 e. The fourth-order valence-electron chi connectivity index (χ4n) is 5.13. The number of rotatable bonds is 7. The number of anilines is 4. The van der Waals surface area contributed by atoms with Crippen molar-refractivity contribution in [2.75, 3.05) is 41.8 Å². The number of primary amides is 1. The van der Waals surface area contributed by atoms with Crippen molar-refractivity contribution in [3.63, 3.8) is 0 Å². The van der Waals surface area contributed by atoms with Crippen molar-refractivity contribution in [1.82, 2.24) is 4.98 Å². The number of hydrogen-bond acceptors (Lipinski definition) is 11. The van der Waals surface area contributed by atoms with Crippen molar-refractivity contribution >= 4 is 61.1 Å². The average Bonchev–Trinajstić information content (AvgIpc) is 3.58. The Kier molecular flexibility index (Phi) is 7.26. The number of carbonyl (C=O) groups excluding carboxylic acids is 1. The summed E-state index contributed by atoms with van der Waals surface area (Å²) >= 11 is 2.85. The van der Waals surface area contributed by atoms with Gasteiger partial charge in [-0.15, -0.1) is 22.7 Å². The SMILES string of the molecule is NC(=O)c1ncc(N[C@H]2CCCC[C@H]2N)cc1Nc1cc(-c2csc3c(=O)cc(N4CCOCC4)oc23)cs1. The van der Waals surface area contributed by atoms with E-state index in [0.29, 0.717) is 48.2 Å². The van der Waals surface area contributed by atoms with Crippen LogP contribution in [0.1, 0.15) is 36.2 Å². The van der Waals surface area contributed by atoms with Gasteiger partial charge in [0.15, 0.2) is 17.2 Å². The van der Waals surface area contributed by atoms with Crippen LogP contribution in [-0.2, 0) is 4.74 Å². The maximum absolute atomic E-state index is 12.8. The lowest BCUT2D eigenvalue weighted by Gasteiger charge is -2.30. The Morgan fingerprint density at radius 3 is 2.72 bits per heavy atom. The lowest BCUT2D eigenvalue weighted by Crippen LogP contribution is -2.42. The summed E-state index contributed by atoms with van der Waals surface area (Å²) in [5, 5.41) is 11.5. The zero-order valence-electron chi connectivity index (χ0n) is 21.3. The molecule has 10 nitrogen and oxygen atoms in total. The smallest absolute Gasteiger partial charge is 0.269 e. The molecule has 1 saturated heterocycles. The van der Waals surface area contributed by atoms with E-state index in [0.717, 1.165) is 47.5 Å². The van der Waals surface area contributed by atoms with Gasteiger partial charge in [0.2, 0.25) is 5.43 Å². The van der Waals surface area contributed by atoms with Crippen molar-refractivity contribution in [3.8, 4) is 11.1 Å². The Labute approximate surface area is 233 Å². The van der Waals surface area contributed by atoms with Crippen LogP contribution in [0.3, 0.4) is 0 Å². The van der Waals surface area contributed by atoms with Crippen LogP contribution in [0.25, 0.3) is 21.4 Å². The number of carbonyl (C=O) groups is 1. The number of amides is 1. The highest BCUT2D eigenvalue weighted by Crippen LogP contribution is 2.39. The Morgan fingerprint density at radius 2 is 1.92 bits per heavy atom. The van der Waals surface area contributed by atoms with E-state index in [1.165, 1.54) is 22.7 Å². The van der Waals surface area contributed by atoms with Crippen LogP contribution < -0.4 is 32.4 Å². The van der Waals surface area contributed by atoms with Gasteiger partial charge in [-0.25, -0.2) is 4.98 Å². The zero-order valence-corrected chi connectivity index (χ0v) is 22.9. The van der Waals surface area contributed by atoms with Crippen molar-refractivity contribution in [2.24, 2.45) is 11.5 Å². The van der Waals surface area contributed by atoms with Gasteiger partial charge in [0.05, 0.1) is 35.8 Å². The summed E-state index contributed by atoms with van der Waals surface area (Å²) < 4.78 is 12.3. The third kappa shape index (κ3) is 5.37. The minimum atomic E-state index is -0.614. The Morgan fingerprint density at radius 1 is 1.10 bits per heavy atom. The van der Waals surface area contributed by atoms with Crippen molar-refractivity contribution in [3.05, 3.63) is 51.1 Å². The first-order valence-electron chi connectivity index (χ1n) is 13.0. The van der Waals surface area contributed by atoms with Crippen molar-refractivity contribution < 1.29 is 13.9 Å². The minimum absolute atomic E-state index is 0.0539. The van der Waals surface area contributed by atoms with Gasteiger partial charge < -0.3 is 36.2 Å². The number of aromatic nitrogens is 1. The second-order valence-electron chi connectivity index (χ2n) is 9.86. The maximum Gasteiger partial charge on any atom is 0.269 e. The first kappa shape index (κ1) is 25.8. The Balaban J connectivity index is 1.28. The van der Waals surface area contributed by atoms with Crippen LogP contribution in [-0.4, -0.2) is 49.3 Å². The number of nitrogens with two attached hydrogens (primary N) is 2. The molecule has 2 atom stereocenters. The molecule has 12 heteroatoms. The number of nitrogens with one attached hydrogen (secondary N) is 2.